The Hall–Kier alpha value is -2.74. The molecule has 9 heteroatoms. The van der Waals surface area contributed by atoms with E-state index in [2.05, 4.69) is 26.3 Å². The van der Waals surface area contributed by atoms with E-state index in [0.29, 0.717) is 38.4 Å². The number of carbonyl (C=O) groups excluding carboxylic acids is 1. The fraction of sp³-hybridized carbons (Fsp3) is 0.0909. The van der Waals surface area contributed by atoms with Crippen molar-refractivity contribution in [3.8, 4) is 5.75 Å². The van der Waals surface area contributed by atoms with Crippen LogP contribution in [0.1, 0.15) is 21.9 Å². The Morgan fingerprint density at radius 2 is 1.90 bits per heavy atom. The molecule has 0 aliphatic heterocycles. The number of halogens is 3. The summed E-state index contributed by atoms with van der Waals surface area (Å²) in [5.74, 6) is 1.27. The lowest BCUT2D eigenvalue weighted by molar-refractivity contribution is 0.0992. The van der Waals surface area contributed by atoms with E-state index >= 15 is 0 Å². The van der Waals surface area contributed by atoms with E-state index in [1.54, 1.807) is 47.3 Å². The Morgan fingerprint density at radius 1 is 1.10 bits per heavy atom. The molecule has 2 heterocycles. The van der Waals surface area contributed by atoms with Gasteiger partial charge >= 0.3 is 0 Å². The van der Waals surface area contributed by atoms with Crippen LogP contribution >= 0.6 is 39.1 Å². The van der Waals surface area contributed by atoms with Gasteiger partial charge in [0, 0.05) is 16.2 Å². The normalized spacial score (nSPS) is 10.8. The van der Waals surface area contributed by atoms with Crippen LogP contribution in [0.3, 0.4) is 0 Å². The number of rotatable bonds is 7. The lowest BCUT2D eigenvalue weighted by Crippen LogP contribution is -2.12. The third kappa shape index (κ3) is 5.70. The summed E-state index contributed by atoms with van der Waals surface area (Å²) in [6.07, 6.45) is 1.79. The molecule has 158 valence electrons. The fourth-order valence-corrected chi connectivity index (χ4v) is 3.52. The van der Waals surface area contributed by atoms with Gasteiger partial charge in [-0.2, -0.15) is 5.10 Å². The first-order valence-electron chi connectivity index (χ1n) is 9.22. The largest absolute Gasteiger partial charge is 0.486 e. The zero-order chi connectivity index (χ0) is 21.8. The van der Waals surface area contributed by atoms with Crippen LogP contribution in [0.15, 0.2) is 75.8 Å². The molecule has 0 aliphatic rings. The van der Waals surface area contributed by atoms with Gasteiger partial charge in [-0.25, -0.2) is 0 Å². The van der Waals surface area contributed by atoms with Gasteiger partial charge in [-0.1, -0.05) is 41.4 Å². The molecule has 0 aliphatic carbocycles. The van der Waals surface area contributed by atoms with Crippen LogP contribution in [0, 0.1) is 0 Å². The molecule has 2 aromatic heterocycles. The topological polar surface area (TPSA) is 69.3 Å². The lowest BCUT2D eigenvalue weighted by Gasteiger charge is -2.04. The van der Waals surface area contributed by atoms with Crippen LogP contribution in [0.4, 0.5) is 5.82 Å². The zero-order valence-electron chi connectivity index (χ0n) is 16.0. The van der Waals surface area contributed by atoms with E-state index in [1.807, 2.05) is 24.3 Å². The number of hydrogen-bond donors (Lipinski definition) is 1. The van der Waals surface area contributed by atoms with Crippen molar-refractivity contribution in [3.05, 3.63) is 98.5 Å². The van der Waals surface area contributed by atoms with Gasteiger partial charge in [0.15, 0.2) is 11.6 Å². The van der Waals surface area contributed by atoms with Gasteiger partial charge in [-0.15, -0.1) is 0 Å². The zero-order valence-corrected chi connectivity index (χ0v) is 19.1. The summed E-state index contributed by atoms with van der Waals surface area (Å²) in [6, 6.07) is 17.8. The predicted octanol–water partition coefficient (Wildman–Crippen LogP) is 6.43. The standard InChI is InChI=1S/C22H16BrCl2N3O3/c23-19-12-28(11-14-4-6-15(24)7-5-14)27-21(19)26-22(29)20-9-8-18(31-20)13-30-17-3-1-2-16(25)10-17/h1-10,12H,11,13H2,(H,26,27,29). The molecule has 0 radical (unpaired) electrons. The van der Waals surface area contributed by atoms with Crippen molar-refractivity contribution in [1.29, 1.82) is 0 Å². The summed E-state index contributed by atoms with van der Waals surface area (Å²) in [4.78, 5) is 12.6. The number of nitrogens with one attached hydrogen (secondary N) is 1. The first-order valence-corrected chi connectivity index (χ1v) is 10.8. The van der Waals surface area contributed by atoms with Gasteiger partial charge in [0.1, 0.15) is 18.1 Å². The molecule has 1 amide bonds. The predicted molar refractivity (Wildman–Crippen MR) is 123 cm³/mol. The summed E-state index contributed by atoms with van der Waals surface area (Å²) < 4.78 is 13.6. The maximum Gasteiger partial charge on any atom is 0.292 e. The highest BCUT2D eigenvalue weighted by Gasteiger charge is 2.16. The van der Waals surface area contributed by atoms with Crippen LogP contribution in [0.2, 0.25) is 10.0 Å². The minimum Gasteiger partial charge on any atom is -0.486 e. The maximum absolute atomic E-state index is 12.6. The molecule has 4 aromatic rings. The molecule has 4 rings (SSSR count). The van der Waals surface area contributed by atoms with Crippen molar-refractivity contribution in [3.63, 3.8) is 0 Å². The van der Waals surface area contributed by atoms with Gasteiger partial charge < -0.3 is 14.5 Å². The highest BCUT2D eigenvalue weighted by Crippen LogP contribution is 2.23. The summed E-state index contributed by atoms with van der Waals surface area (Å²) in [6.45, 7) is 0.713. The van der Waals surface area contributed by atoms with E-state index in [9.17, 15) is 4.79 Å². The number of nitrogens with zero attached hydrogens (tertiary/aromatic N) is 2. The Morgan fingerprint density at radius 3 is 2.68 bits per heavy atom. The van der Waals surface area contributed by atoms with Crippen LogP contribution in [-0.4, -0.2) is 15.7 Å². The Bertz CT molecular complexity index is 1200. The van der Waals surface area contributed by atoms with Crippen molar-refractivity contribution in [2.24, 2.45) is 0 Å². The molecule has 0 fully saturated rings. The second-order valence-corrected chi connectivity index (χ2v) is 8.34. The minimum atomic E-state index is -0.411. The van der Waals surface area contributed by atoms with Crippen molar-refractivity contribution in [2.75, 3.05) is 5.32 Å². The third-order valence-electron chi connectivity index (χ3n) is 4.27. The molecule has 0 spiro atoms. The number of aromatic nitrogens is 2. The van der Waals surface area contributed by atoms with Gasteiger partial charge in [0.05, 0.1) is 11.0 Å². The summed E-state index contributed by atoms with van der Waals surface area (Å²) in [5, 5.41) is 8.41. The van der Waals surface area contributed by atoms with Crippen LogP contribution in [0.5, 0.6) is 5.75 Å². The van der Waals surface area contributed by atoms with Crippen molar-refractivity contribution in [2.45, 2.75) is 13.2 Å². The number of benzene rings is 2. The minimum absolute atomic E-state index is 0.156. The van der Waals surface area contributed by atoms with Crippen LogP contribution < -0.4 is 10.1 Å². The SMILES string of the molecule is O=C(Nc1nn(Cc2ccc(Cl)cc2)cc1Br)c1ccc(COc2cccc(Cl)c2)o1. The Balaban J connectivity index is 1.37. The van der Waals surface area contributed by atoms with E-state index in [4.69, 9.17) is 32.4 Å². The molecular weight excluding hydrogens is 505 g/mol. The number of amides is 1. The average molecular weight is 521 g/mol. The first-order chi connectivity index (χ1) is 15.0. The average Bonchev–Trinajstić information content (AvgIpc) is 3.35. The number of anilines is 1. The van der Waals surface area contributed by atoms with Crippen molar-refractivity contribution < 1.29 is 13.9 Å². The fourth-order valence-electron chi connectivity index (χ4n) is 2.80. The molecule has 6 nitrogen and oxygen atoms in total. The molecule has 0 bridgehead atoms. The summed E-state index contributed by atoms with van der Waals surface area (Å²) in [7, 11) is 0. The second-order valence-electron chi connectivity index (χ2n) is 6.62. The van der Waals surface area contributed by atoms with Gasteiger partial charge in [-0.3, -0.25) is 9.48 Å². The van der Waals surface area contributed by atoms with Crippen molar-refractivity contribution >= 4 is 50.9 Å². The number of ether oxygens (including phenoxy) is 1. The number of carbonyl (C=O) groups is 1. The molecule has 31 heavy (non-hydrogen) atoms. The quantitative estimate of drug-likeness (QED) is 0.305. The van der Waals surface area contributed by atoms with Crippen LogP contribution in [0.25, 0.3) is 0 Å². The van der Waals surface area contributed by atoms with Crippen LogP contribution in [-0.2, 0) is 13.2 Å². The molecule has 0 saturated heterocycles. The lowest BCUT2D eigenvalue weighted by atomic mass is 10.2. The third-order valence-corrected chi connectivity index (χ3v) is 5.34. The van der Waals surface area contributed by atoms with E-state index in [1.165, 1.54) is 0 Å². The Labute approximate surface area is 196 Å². The monoisotopic (exact) mass is 519 g/mol. The maximum atomic E-state index is 12.6. The van der Waals surface area contributed by atoms with E-state index in [0.717, 1.165) is 5.56 Å². The molecule has 0 saturated carbocycles. The smallest absolute Gasteiger partial charge is 0.292 e. The van der Waals surface area contributed by atoms with Gasteiger partial charge in [-0.05, 0) is 64.0 Å². The second kappa shape index (κ2) is 9.60. The number of furan rings is 1. The molecular formula is C22H16BrCl2N3O3. The van der Waals surface area contributed by atoms with Crippen molar-refractivity contribution in [1.82, 2.24) is 9.78 Å². The first kappa shape index (κ1) is 21.5. The molecule has 0 unspecified atom stereocenters. The van der Waals surface area contributed by atoms with E-state index in [-0.39, 0.29) is 12.4 Å². The van der Waals surface area contributed by atoms with Gasteiger partial charge in [0.2, 0.25) is 0 Å². The highest BCUT2D eigenvalue weighted by molar-refractivity contribution is 9.10. The van der Waals surface area contributed by atoms with E-state index < -0.39 is 5.91 Å². The Kier molecular flexibility index (Phi) is 6.65. The summed E-state index contributed by atoms with van der Waals surface area (Å²) in [5.41, 5.74) is 1.03. The molecule has 0 atom stereocenters. The molecule has 1 N–H and O–H groups in total. The number of hydrogen-bond acceptors (Lipinski definition) is 4. The highest BCUT2D eigenvalue weighted by atomic mass is 79.9. The van der Waals surface area contributed by atoms with Gasteiger partial charge in [0.25, 0.3) is 5.91 Å². The molecule has 2 aromatic carbocycles. The summed E-state index contributed by atoms with van der Waals surface area (Å²) >= 11 is 15.3.